The fourth-order valence-corrected chi connectivity index (χ4v) is 4.88. The van der Waals surface area contributed by atoms with Crippen LogP contribution in [0.1, 0.15) is 45.2 Å². The van der Waals surface area contributed by atoms with Crippen molar-refractivity contribution in [2.45, 2.75) is 45.5 Å². The molecule has 8 nitrogen and oxygen atoms in total. The Morgan fingerprint density at radius 2 is 2.00 bits per heavy atom. The van der Waals surface area contributed by atoms with Crippen LogP contribution >= 0.6 is 23.1 Å². The van der Waals surface area contributed by atoms with Crippen LogP contribution in [0.4, 0.5) is 5.00 Å². The van der Waals surface area contributed by atoms with Crippen molar-refractivity contribution >= 4 is 40.0 Å². The van der Waals surface area contributed by atoms with Gasteiger partial charge in [-0.3, -0.25) is 9.36 Å². The number of carbonyl (C=O) groups is 2. The topological polar surface area (TPSA) is 95.3 Å². The van der Waals surface area contributed by atoms with Crippen molar-refractivity contribution in [1.29, 1.82) is 0 Å². The van der Waals surface area contributed by atoms with Crippen LogP contribution in [0.15, 0.2) is 42.1 Å². The maximum absolute atomic E-state index is 12.6. The van der Waals surface area contributed by atoms with E-state index in [-0.39, 0.29) is 17.8 Å². The molecule has 3 aromatic rings. The van der Waals surface area contributed by atoms with Crippen LogP contribution in [-0.4, -0.2) is 39.5 Å². The van der Waals surface area contributed by atoms with Gasteiger partial charge in [0.1, 0.15) is 10.8 Å². The number of amides is 1. The Balaban J connectivity index is 1.69. The van der Waals surface area contributed by atoms with Crippen molar-refractivity contribution in [2.75, 3.05) is 18.2 Å². The lowest BCUT2D eigenvalue weighted by molar-refractivity contribution is -0.113. The van der Waals surface area contributed by atoms with Crippen molar-refractivity contribution in [2.24, 2.45) is 0 Å². The normalized spacial score (nSPS) is 11.7. The predicted octanol–water partition coefficient (Wildman–Crippen LogP) is 5.11. The quantitative estimate of drug-likeness (QED) is 0.235. The van der Waals surface area contributed by atoms with Gasteiger partial charge in [0.05, 0.1) is 18.4 Å². The van der Waals surface area contributed by atoms with Gasteiger partial charge in [0.25, 0.3) is 0 Å². The van der Waals surface area contributed by atoms with Crippen molar-refractivity contribution in [3.05, 3.63) is 64.3 Å². The van der Waals surface area contributed by atoms with Crippen molar-refractivity contribution < 1.29 is 19.1 Å². The average molecular weight is 501 g/mol. The number of thioether (sulfide) groups is 1. The summed E-state index contributed by atoms with van der Waals surface area (Å²) < 4.78 is 12.8. The largest absolute Gasteiger partial charge is 0.483 e. The van der Waals surface area contributed by atoms with E-state index in [1.165, 1.54) is 35.8 Å². The molecular formula is C24H28N4O4S2. The number of allylic oxidation sites excluding steroid dienone is 1. The first kappa shape index (κ1) is 25.5. The number of hydrogen-bond donors (Lipinski definition) is 1. The molecule has 2 heterocycles. The third-order valence-electron chi connectivity index (χ3n) is 5.06. The third kappa shape index (κ3) is 6.06. The van der Waals surface area contributed by atoms with Crippen LogP contribution in [0, 0.1) is 20.8 Å². The Morgan fingerprint density at radius 3 is 2.68 bits per heavy atom. The van der Waals surface area contributed by atoms with E-state index in [2.05, 4.69) is 29.0 Å². The summed E-state index contributed by atoms with van der Waals surface area (Å²) in [7, 11) is 1.31. The minimum absolute atomic E-state index is 0.0965. The highest BCUT2D eigenvalue weighted by Gasteiger charge is 2.21. The second-order valence-electron chi connectivity index (χ2n) is 7.67. The summed E-state index contributed by atoms with van der Waals surface area (Å²) in [6, 6.07) is 7.65. The summed E-state index contributed by atoms with van der Waals surface area (Å²) in [6.07, 6.45) is 1.39. The van der Waals surface area contributed by atoms with E-state index in [0.29, 0.717) is 28.1 Å². The zero-order valence-corrected chi connectivity index (χ0v) is 21.5. The molecule has 1 N–H and O–H groups in total. The lowest BCUT2D eigenvalue weighted by Crippen LogP contribution is -2.16. The Bertz CT molecular complexity index is 1200. The summed E-state index contributed by atoms with van der Waals surface area (Å²) >= 11 is 2.58. The van der Waals surface area contributed by atoms with Crippen LogP contribution < -0.4 is 10.1 Å². The van der Waals surface area contributed by atoms with Crippen molar-refractivity contribution in [3.63, 3.8) is 0 Å². The van der Waals surface area contributed by atoms with E-state index in [1.54, 1.807) is 12.1 Å². The number of esters is 1. The highest BCUT2D eigenvalue weighted by molar-refractivity contribution is 7.99. The first-order valence-electron chi connectivity index (χ1n) is 10.6. The molecule has 0 saturated carbocycles. The lowest BCUT2D eigenvalue weighted by atomic mass is 10.1. The van der Waals surface area contributed by atoms with Crippen molar-refractivity contribution in [3.8, 4) is 5.75 Å². The van der Waals surface area contributed by atoms with E-state index in [0.717, 1.165) is 16.2 Å². The number of rotatable bonds is 10. The third-order valence-corrected chi connectivity index (χ3v) is 6.99. The molecule has 0 aliphatic carbocycles. The fraction of sp³-hybridized carbons (Fsp3) is 0.333. The summed E-state index contributed by atoms with van der Waals surface area (Å²) in [5.74, 6) is 0.749. The van der Waals surface area contributed by atoms with Crippen molar-refractivity contribution in [1.82, 2.24) is 14.8 Å². The standard InChI is InChI=1S/C24H28N4O4S2/c1-7-10-28-21(17(5)32-18-9-8-14(2)15(3)11-18)26-27-24(28)33-13-20(29)25-22-19(23(30)31-6)12-16(4)34-22/h7-9,11-12,17H,1,10,13H2,2-6H3,(H,25,29). The maximum Gasteiger partial charge on any atom is 0.340 e. The fourth-order valence-electron chi connectivity index (χ4n) is 3.21. The Kier molecular flexibility index (Phi) is 8.51. The first-order valence-corrected chi connectivity index (χ1v) is 12.4. The molecule has 3 rings (SSSR count). The van der Waals surface area contributed by atoms with Gasteiger partial charge in [-0.05, 0) is 57.0 Å². The molecule has 0 bridgehead atoms. The minimum atomic E-state index is -0.486. The molecule has 10 heteroatoms. The average Bonchev–Trinajstić information content (AvgIpc) is 3.37. The molecule has 0 spiro atoms. The second kappa shape index (κ2) is 11.3. The SMILES string of the molecule is C=CCn1c(SCC(=O)Nc2sc(C)cc2C(=O)OC)nnc1C(C)Oc1ccc(C)c(C)c1. The molecule has 0 aliphatic rings. The number of aromatic nitrogens is 3. The predicted molar refractivity (Wildman–Crippen MR) is 135 cm³/mol. The number of nitrogens with one attached hydrogen (secondary N) is 1. The number of hydrogen-bond acceptors (Lipinski definition) is 8. The van der Waals surface area contributed by atoms with Gasteiger partial charge in [-0.2, -0.15) is 0 Å². The smallest absolute Gasteiger partial charge is 0.340 e. The molecule has 0 radical (unpaired) electrons. The van der Waals surface area contributed by atoms with E-state index in [1.807, 2.05) is 43.5 Å². The van der Waals surface area contributed by atoms with Gasteiger partial charge in [-0.1, -0.05) is 23.9 Å². The Hall–Kier alpha value is -3.11. The monoisotopic (exact) mass is 500 g/mol. The van der Waals surface area contributed by atoms with E-state index < -0.39 is 5.97 Å². The molecule has 1 aromatic carbocycles. The molecule has 34 heavy (non-hydrogen) atoms. The van der Waals surface area contributed by atoms with Crippen LogP contribution in [-0.2, 0) is 16.1 Å². The van der Waals surface area contributed by atoms with Gasteiger partial charge in [0.2, 0.25) is 5.91 Å². The zero-order valence-electron chi connectivity index (χ0n) is 19.9. The number of nitrogens with zero attached hydrogens (tertiary/aromatic N) is 3. The van der Waals surface area contributed by atoms with Gasteiger partial charge in [-0.15, -0.1) is 28.1 Å². The minimum Gasteiger partial charge on any atom is -0.483 e. The summed E-state index contributed by atoms with van der Waals surface area (Å²) in [5, 5.41) is 12.4. The number of benzene rings is 1. The van der Waals surface area contributed by atoms with Gasteiger partial charge in [0.15, 0.2) is 17.1 Å². The molecule has 0 saturated heterocycles. The van der Waals surface area contributed by atoms with Crippen LogP contribution in [0.2, 0.25) is 0 Å². The highest BCUT2D eigenvalue weighted by atomic mass is 32.2. The van der Waals surface area contributed by atoms with Gasteiger partial charge >= 0.3 is 5.97 Å². The molecule has 0 fully saturated rings. The number of carbonyl (C=O) groups excluding carboxylic acids is 2. The van der Waals surface area contributed by atoms with Crippen LogP contribution in [0.5, 0.6) is 5.75 Å². The molecular weight excluding hydrogens is 472 g/mol. The van der Waals surface area contributed by atoms with E-state index in [4.69, 9.17) is 9.47 Å². The number of methoxy groups -OCH3 is 1. The van der Waals surface area contributed by atoms with Crippen LogP contribution in [0.25, 0.3) is 0 Å². The number of thiophene rings is 1. The molecule has 0 aliphatic heterocycles. The van der Waals surface area contributed by atoms with E-state index >= 15 is 0 Å². The van der Waals surface area contributed by atoms with Gasteiger partial charge < -0.3 is 14.8 Å². The lowest BCUT2D eigenvalue weighted by Gasteiger charge is -2.16. The number of ether oxygens (including phenoxy) is 2. The molecule has 1 atom stereocenters. The maximum atomic E-state index is 12.6. The molecule has 180 valence electrons. The first-order chi connectivity index (χ1) is 16.2. The Morgan fingerprint density at radius 1 is 1.24 bits per heavy atom. The highest BCUT2D eigenvalue weighted by Crippen LogP contribution is 2.29. The number of aryl methyl sites for hydroxylation is 3. The number of anilines is 1. The molecule has 1 unspecified atom stereocenters. The summed E-state index contributed by atoms with van der Waals surface area (Å²) in [5.41, 5.74) is 2.69. The Labute approximate surface area is 207 Å². The second-order valence-corrected chi connectivity index (χ2v) is 9.87. The summed E-state index contributed by atoms with van der Waals surface area (Å²) in [4.78, 5) is 25.4. The van der Waals surface area contributed by atoms with Gasteiger partial charge in [0, 0.05) is 11.4 Å². The molecule has 1 amide bonds. The van der Waals surface area contributed by atoms with E-state index in [9.17, 15) is 9.59 Å². The molecule has 2 aromatic heterocycles. The van der Waals surface area contributed by atoms with Crippen LogP contribution in [0.3, 0.4) is 0 Å². The van der Waals surface area contributed by atoms with Gasteiger partial charge in [-0.25, -0.2) is 4.79 Å². The zero-order chi connectivity index (χ0) is 24.8. The summed E-state index contributed by atoms with van der Waals surface area (Å²) in [6.45, 7) is 12.2.